The topological polar surface area (TPSA) is 50.9 Å². The third kappa shape index (κ3) is 4.96. The smallest absolute Gasteiger partial charge is 0.171 e. The summed E-state index contributed by atoms with van der Waals surface area (Å²) in [5.41, 5.74) is 0.948. The lowest BCUT2D eigenvalue weighted by Gasteiger charge is -2.23. The Balaban J connectivity index is 1.54. The highest BCUT2D eigenvalue weighted by atomic mass is 32.1. The molecule has 0 aliphatic carbocycles. The maximum Gasteiger partial charge on any atom is 0.171 e. The van der Waals surface area contributed by atoms with Crippen LogP contribution in [-0.4, -0.2) is 31.4 Å². The van der Waals surface area contributed by atoms with E-state index in [0.29, 0.717) is 11.7 Å². The predicted molar refractivity (Wildman–Crippen MR) is 103 cm³/mol. The number of thiocarbonyl (C=S) groups is 1. The van der Waals surface area contributed by atoms with Gasteiger partial charge in [0.25, 0.3) is 0 Å². The van der Waals surface area contributed by atoms with Gasteiger partial charge in [-0.3, -0.25) is 0 Å². The lowest BCUT2D eigenvalue weighted by molar-refractivity contribution is -0.919. The van der Waals surface area contributed by atoms with Crippen LogP contribution < -0.4 is 20.3 Å². The van der Waals surface area contributed by atoms with Crippen molar-refractivity contribution in [2.24, 2.45) is 0 Å². The number of ether oxygens (including phenoxy) is 1. The third-order valence-corrected chi connectivity index (χ3v) is 4.76. The van der Waals surface area contributed by atoms with E-state index in [9.17, 15) is 0 Å². The first kappa shape index (κ1) is 17.8. The van der Waals surface area contributed by atoms with Gasteiger partial charge in [0.05, 0.1) is 32.5 Å². The molecule has 3 N–H and O–H groups in total. The molecule has 1 aliphatic heterocycles. The molecule has 25 heavy (non-hydrogen) atoms. The second-order valence-electron chi connectivity index (χ2n) is 6.23. The molecule has 6 heteroatoms. The fraction of sp³-hybridized carbons (Fsp3) is 0.421. The van der Waals surface area contributed by atoms with E-state index in [1.807, 2.05) is 37.3 Å². The van der Waals surface area contributed by atoms with Crippen molar-refractivity contribution in [3.05, 3.63) is 48.4 Å². The summed E-state index contributed by atoms with van der Waals surface area (Å²) < 4.78 is 11.1. The Morgan fingerprint density at radius 2 is 2.00 bits per heavy atom. The minimum Gasteiger partial charge on any atom is -0.494 e. The van der Waals surface area contributed by atoms with Crippen LogP contribution >= 0.6 is 12.2 Å². The van der Waals surface area contributed by atoms with Crippen molar-refractivity contribution in [1.82, 2.24) is 5.32 Å². The highest BCUT2D eigenvalue weighted by molar-refractivity contribution is 7.80. The van der Waals surface area contributed by atoms with Crippen molar-refractivity contribution in [2.45, 2.75) is 25.8 Å². The summed E-state index contributed by atoms with van der Waals surface area (Å²) in [4.78, 5) is 1.56. The van der Waals surface area contributed by atoms with Crippen LogP contribution in [0.2, 0.25) is 0 Å². The van der Waals surface area contributed by atoms with E-state index in [0.717, 1.165) is 23.7 Å². The third-order valence-electron chi connectivity index (χ3n) is 4.52. The summed E-state index contributed by atoms with van der Waals surface area (Å²) in [5, 5.41) is 7.20. The number of furan rings is 1. The highest BCUT2D eigenvalue weighted by Gasteiger charge is 2.29. The van der Waals surface area contributed by atoms with E-state index in [2.05, 4.69) is 16.7 Å². The zero-order valence-electron chi connectivity index (χ0n) is 14.6. The van der Waals surface area contributed by atoms with Crippen LogP contribution in [0.25, 0.3) is 0 Å². The Morgan fingerprint density at radius 1 is 1.24 bits per heavy atom. The van der Waals surface area contributed by atoms with E-state index in [1.165, 1.54) is 25.9 Å². The fourth-order valence-electron chi connectivity index (χ4n) is 3.28. The molecule has 0 spiro atoms. The summed E-state index contributed by atoms with van der Waals surface area (Å²) in [6.07, 6.45) is 4.30. The standard InChI is InChI=1S/C19H25N3O2S/c1-2-23-16-9-7-15(8-10-16)21-19(25)20-14-17(18-6-5-13-24-18)22-11-3-4-12-22/h5-10,13,17H,2-4,11-12,14H2,1H3,(H2,20,21,25)/p+1/t17-/m1/s1. The van der Waals surface area contributed by atoms with Gasteiger partial charge < -0.3 is 24.7 Å². The number of anilines is 1. The van der Waals surface area contributed by atoms with Crippen LogP contribution in [0.15, 0.2) is 47.1 Å². The van der Waals surface area contributed by atoms with Crippen LogP contribution in [0, 0.1) is 0 Å². The minimum absolute atomic E-state index is 0.289. The molecule has 1 fully saturated rings. The fourth-order valence-corrected chi connectivity index (χ4v) is 3.49. The SMILES string of the molecule is CCOc1ccc(NC(=S)NC[C@H](c2ccco2)[NH+]2CCCC2)cc1. The predicted octanol–water partition coefficient (Wildman–Crippen LogP) is 2.38. The van der Waals surface area contributed by atoms with Gasteiger partial charge in [0.15, 0.2) is 16.9 Å². The van der Waals surface area contributed by atoms with Crippen LogP contribution in [0.1, 0.15) is 31.6 Å². The number of rotatable bonds is 7. The normalized spacial score (nSPS) is 15.7. The van der Waals surface area contributed by atoms with Crippen molar-refractivity contribution in [3.63, 3.8) is 0 Å². The Labute approximate surface area is 154 Å². The molecule has 1 saturated heterocycles. The maximum atomic E-state index is 5.66. The highest BCUT2D eigenvalue weighted by Crippen LogP contribution is 2.16. The summed E-state index contributed by atoms with van der Waals surface area (Å²) >= 11 is 5.45. The molecule has 134 valence electrons. The molecule has 0 saturated carbocycles. The van der Waals surface area contributed by atoms with Gasteiger partial charge in [-0.25, -0.2) is 0 Å². The number of benzene rings is 1. The van der Waals surface area contributed by atoms with Gasteiger partial charge in [-0.2, -0.15) is 0 Å². The molecule has 2 heterocycles. The Morgan fingerprint density at radius 3 is 2.64 bits per heavy atom. The number of hydrogen-bond acceptors (Lipinski definition) is 3. The zero-order chi connectivity index (χ0) is 17.5. The number of likely N-dealkylation sites (tertiary alicyclic amines) is 1. The lowest BCUT2D eigenvalue weighted by Crippen LogP contribution is -3.11. The minimum atomic E-state index is 0.289. The van der Waals surface area contributed by atoms with E-state index >= 15 is 0 Å². The van der Waals surface area contributed by atoms with Crippen molar-refractivity contribution in [2.75, 3.05) is 31.6 Å². The average Bonchev–Trinajstić information content (AvgIpc) is 3.31. The van der Waals surface area contributed by atoms with Crippen LogP contribution in [0.4, 0.5) is 5.69 Å². The zero-order valence-corrected chi connectivity index (χ0v) is 15.4. The summed E-state index contributed by atoms with van der Waals surface area (Å²) in [6, 6.07) is 12.1. The lowest BCUT2D eigenvalue weighted by atomic mass is 10.2. The van der Waals surface area contributed by atoms with Crippen molar-refractivity contribution < 1.29 is 14.1 Å². The Kier molecular flexibility index (Phi) is 6.30. The monoisotopic (exact) mass is 360 g/mol. The first-order valence-corrected chi connectivity index (χ1v) is 9.33. The maximum absolute atomic E-state index is 5.66. The summed E-state index contributed by atoms with van der Waals surface area (Å²) in [5.74, 6) is 1.88. The molecule has 0 amide bonds. The van der Waals surface area contributed by atoms with E-state index in [1.54, 1.807) is 11.2 Å². The number of nitrogens with one attached hydrogen (secondary N) is 3. The van der Waals surface area contributed by atoms with E-state index in [-0.39, 0.29) is 6.04 Å². The molecule has 0 unspecified atom stereocenters. The van der Waals surface area contributed by atoms with Gasteiger partial charge in [0.2, 0.25) is 0 Å². The Hall–Kier alpha value is -2.05. The number of quaternary nitrogens is 1. The van der Waals surface area contributed by atoms with Crippen LogP contribution in [-0.2, 0) is 0 Å². The van der Waals surface area contributed by atoms with Crippen molar-refractivity contribution >= 4 is 23.0 Å². The van der Waals surface area contributed by atoms with E-state index < -0.39 is 0 Å². The molecular formula is C19H26N3O2S+. The molecule has 0 bridgehead atoms. The molecule has 1 aliphatic rings. The van der Waals surface area contributed by atoms with Gasteiger partial charge >= 0.3 is 0 Å². The molecule has 5 nitrogen and oxygen atoms in total. The molecule has 1 aromatic carbocycles. The molecule has 0 radical (unpaired) electrons. The quantitative estimate of drug-likeness (QED) is 0.662. The van der Waals surface area contributed by atoms with Crippen LogP contribution in [0.3, 0.4) is 0 Å². The van der Waals surface area contributed by atoms with E-state index in [4.69, 9.17) is 21.4 Å². The molecule has 3 rings (SSSR count). The number of hydrogen-bond donors (Lipinski definition) is 3. The molecular weight excluding hydrogens is 334 g/mol. The molecule has 2 aromatic rings. The second-order valence-corrected chi connectivity index (χ2v) is 6.63. The average molecular weight is 361 g/mol. The summed E-state index contributed by atoms with van der Waals surface area (Å²) in [7, 11) is 0. The molecule has 1 atom stereocenters. The van der Waals surface area contributed by atoms with Gasteiger partial charge in [-0.1, -0.05) is 0 Å². The Bertz CT molecular complexity index is 652. The van der Waals surface area contributed by atoms with Gasteiger partial charge in [-0.15, -0.1) is 0 Å². The van der Waals surface area contributed by atoms with Crippen molar-refractivity contribution in [1.29, 1.82) is 0 Å². The van der Waals surface area contributed by atoms with Gasteiger partial charge in [-0.05, 0) is 55.5 Å². The van der Waals surface area contributed by atoms with Gasteiger partial charge in [0, 0.05) is 18.5 Å². The van der Waals surface area contributed by atoms with Crippen LogP contribution in [0.5, 0.6) is 5.75 Å². The van der Waals surface area contributed by atoms with Crippen molar-refractivity contribution in [3.8, 4) is 5.75 Å². The first-order chi connectivity index (χ1) is 12.3. The summed E-state index contributed by atoms with van der Waals surface area (Å²) in [6.45, 7) is 5.77. The largest absolute Gasteiger partial charge is 0.494 e. The van der Waals surface area contributed by atoms with Gasteiger partial charge in [0.1, 0.15) is 5.75 Å². The second kappa shape index (κ2) is 8.87. The molecule has 1 aromatic heterocycles. The first-order valence-electron chi connectivity index (χ1n) is 8.92.